The Hall–Kier alpha value is -1.15. The molecule has 0 aromatic carbocycles. The summed E-state index contributed by atoms with van der Waals surface area (Å²) in [4.78, 5) is 7.81. The fourth-order valence-corrected chi connectivity index (χ4v) is 1.24. The second-order valence-corrected chi connectivity index (χ2v) is 3.71. The summed E-state index contributed by atoms with van der Waals surface area (Å²) in [5, 5.41) is 0.342. The minimum Gasteiger partial charge on any atom is -0.476 e. The number of hydrazine groups is 1. The van der Waals surface area contributed by atoms with Crippen molar-refractivity contribution < 1.29 is 14.2 Å². The third-order valence-electron chi connectivity index (χ3n) is 1.94. The molecule has 0 aliphatic carbocycles. The highest BCUT2D eigenvalue weighted by atomic mass is 35.5. The maximum absolute atomic E-state index is 5.87. The summed E-state index contributed by atoms with van der Waals surface area (Å²) >= 11 is 5.87. The van der Waals surface area contributed by atoms with Crippen LogP contribution in [0.15, 0.2) is 6.20 Å². The highest BCUT2D eigenvalue weighted by Gasteiger charge is 2.05. The number of halogens is 1. The predicted octanol–water partition coefficient (Wildman–Crippen LogP) is 0.848. The molecule has 0 saturated heterocycles. The van der Waals surface area contributed by atoms with E-state index in [9.17, 15) is 0 Å². The second-order valence-electron chi connectivity index (χ2n) is 3.30. The topological polar surface area (TPSA) is 91.5 Å². The first kappa shape index (κ1) is 14.9. The molecule has 0 amide bonds. The Morgan fingerprint density at radius 1 is 1.33 bits per heavy atom. The van der Waals surface area contributed by atoms with E-state index in [1.54, 1.807) is 7.11 Å². The van der Waals surface area contributed by atoms with Crippen LogP contribution in [-0.4, -0.2) is 43.5 Å². The number of nitrogens with two attached hydrogens (primary N) is 1. The molecule has 0 aliphatic heterocycles. The normalized spacial score (nSPS) is 10.4. The van der Waals surface area contributed by atoms with E-state index in [1.165, 1.54) is 6.20 Å². The largest absolute Gasteiger partial charge is 0.476 e. The smallest absolute Gasteiger partial charge is 0.240 e. The van der Waals surface area contributed by atoms with Gasteiger partial charge in [-0.15, -0.1) is 0 Å². The maximum Gasteiger partial charge on any atom is 0.240 e. The van der Waals surface area contributed by atoms with Gasteiger partial charge in [-0.2, -0.15) is 4.98 Å². The summed E-state index contributed by atoms with van der Waals surface area (Å²) < 4.78 is 15.5. The lowest BCUT2D eigenvalue weighted by Crippen LogP contribution is -2.12. The average molecular weight is 277 g/mol. The SMILES string of the molecule is COCCOCCCOc1nc(NN)ncc1Cl. The van der Waals surface area contributed by atoms with Crippen molar-refractivity contribution >= 4 is 17.5 Å². The molecule has 0 bridgehead atoms. The number of ether oxygens (including phenoxy) is 3. The number of rotatable bonds is 9. The molecule has 0 saturated carbocycles. The summed E-state index contributed by atoms with van der Waals surface area (Å²) in [5.41, 5.74) is 2.32. The van der Waals surface area contributed by atoms with Crippen molar-refractivity contribution in [3.05, 3.63) is 11.2 Å². The molecule has 1 rings (SSSR count). The number of nitrogens with one attached hydrogen (secondary N) is 1. The van der Waals surface area contributed by atoms with Gasteiger partial charge in [0.05, 0.1) is 26.0 Å². The Morgan fingerprint density at radius 2 is 2.17 bits per heavy atom. The lowest BCUT2D eigenvalue weighted by Gasteiger charge is -2.08. The van der Waals surface area contributed by atoms with Crippen molar-refractivity contribution in [2.75, 3.05) is 39.0 Å². The Kier molecular flexibility index (Phi) is 7.35. The van der Waals surface area contributed by atoms with Gasteiger partial charge >= 0.3 is 0 Å². The summed E-state index contributed by atoms with van der Waals surface area (Å²) in [6.07, 6.45) is 2.16. The van der Waals surface area contributed by atoms with Crippen LogP contribution in [0.25, 0.3) is 0 Å². The van der Waals surface area contributed by atoms with Crippen molar-refractivity contribution in [2.24, 2.45) is 5.84 Å². The van der Waals surface area contributed by atoms with Crippen molar-refractivity contribution in [1.82, 2.24) is 9.97 Å². The third kappa shape index (κ3) is 5.46. The van der Waals surface area contributed by atoms with Gasteiger partial charge < -0.3 is 14.2 Å². The van der Waals surface area contributed by atoms with Crippen molar-refractivity contribution in [1.29, 1.82) is 0 Å². The minimum atomic E-state index is 0.255. The zero-order chi connectivity index (χ0) is 13.2. The van der Waals surface area contributed by atoms with Crippen molar-refractivity contribution in [3.63, 3.8) is 0 Å². The molecule has 0 unspecified atom stereocenters. The number of aromatic nitrogens is 2. The highest BCUT2D eigenvalue weighted by Crippen LogP contribution is 2.21. The number of hydrogen-bond donors (Lipinski definition) is 2. The van der Waals surface area contributed by atoms with Crippen LogP contribution in [0.4, 0.5) is 5.95 Å². The molecular weight excluding hydrogens is 260 g/mol. The van der Waals surface area contributed by atoms with Crippen LogP contribution in [0.3, 0.4) is 0 Å². The molecule has 0 radical (unpaired) electrons. The number of methoxy groups -OCH3 is 1. The van der Waals surface area contributed by atoms with E-state index in [1.807, 2.05) is 0 Å². The van der Waals surface area contributed by atoms with E-state index in [0.717, 1.165) is 6.42 Å². The minimum absolute atomic E-state index is 0.255. The summed E-state index contributed by atoms with van der Waals surface area (Å²) in [7, 11) is 1.63. The molecule has 102 valence electrons. The van der Waals surface area contributed by atoms with Crippen LogP contribution in [-0.2, 0) is 9.47 Å². The lowest BCUT2D eigenvalue weighted by molar-refractivity contribution is 0.0642. The van der Waals surface area contributed by atoms with Gasteiger partial charge in [-0.25, -0.2) is 10.8 Å². The number of nitrogens with zero attached hydrogens (tertiary/aromatic N) is 2. The maximum atomic E-state index is 5.87. The molecule has 0 aliphatic rings. The van der Waals surface area contributed by atoms with Gasteiger partial charge in [-0.3, -0.25) is 5.43 Å². The predicted molar refractivity (Wildman–Crippen MR) is 67.7 cm³/mol. The van der Waals surface area contributed by atoms with Gasteiger partial charge in [0.1, 0.15) is 5.02 Å². The van der Waals surface area contributed by atoms with E-state index < -0.39 is 0 Å². The molecule has 0 fully saturated rings. The molecule has 1 aromatic rings. The monoisotopic (exact) mass is 276 g/mol. The van der Waals surface area contributed by atoms with E-state index in [0.29, 0.717) is 37.3 Å². The molecule has 7 nitrogen and oxygen atoms in total. The lowest BCUT2D eigenvalue weighted by atomic mass is 10.5. The Morgan fingerprint density at radius 3 is 2.89 bits per heavy atom. The van der Waals surface area contributed by atoms with Gasteiger partial charge in [0.2, 0.25) is 11.8 Å². The van der Waals surface area contributed by atoms with E-state index in [-0.39, 0.29) is 5.95 Å². The van der Waals surface area contributed by atoms with Crippen LogP contribution in [0.5, 0.6) is 5.88 Å². The zero-order valence-corrected chi connectivity index (χ0v) is 10.9. The molecule has 8 heteroatoms. The van der Waals surface area contributed by atoms with Crippen LogP contribution in [0.1, 0.15) is 6.42 Å². The Labute approximate surface area is 111 Å². The van der Waals surface area contributed by atoms with Gasteiger partial charge in [0.25, 0.3) is 0 Å². The second kappa shape index (κ2) is 8.87. The first-order chi connectivity index (χ1) is 8.77. The molecule has 0 spiro atoms. The van der Waals surface area contributed by atoms with Gasteiger partial charge in [-0.1, -0.05) is 11.6 Å². The molecule has 0 atom stereocenters. The van der Waals surface area contributed by atoms with Crippen LogP contribution in [0, 0.1) is 0 Å². The summed E-state index contributed by atoms with van der Waals surface area (Å²) in [5.74, 6) is 5.74. The Bertz CT molecular complexity index is 354. The molecule has 1 heterocycles. The third-order valence-corrected chi connectivity index (χ3v) is 2.20. The van der Waals surface area contributed by atoms with E-state index in [2.05, 4.69) is 15.4 Å². The van der Waals surface area contributed by atoms with Gasteiger partial charge in [-0.05, 0) is 0 Å². The molecule has 1 aromatic heterocycles. The van der Waals surface area contributed by atoms with Crippen LogP contribution in [0.2, 0.25) is 5.02 Å². The van der Waals surface area contributed by atoms with Gasteiger partial charge in [0.15, 0.2) is 0 Å². The first-order valence-corrected chi connectivity index (χ1v) is 5.84. The van der Waals surface area contributed by atoms with Crippen LogP contribution >= 0.6 is 11.6 Å². The molecular formula is C10H17ClN4O3. The van der Waals surface area contributed by atoms with Gasteiger partial charge in [0, 0.05) is 20.1 Å². The number of nitrogen functional groups attached to an aromatic ring is 1. The number of hydrogen-bond acceptors (Lipinski definition) is 7. The van der Waals surface area contributed by atoms with Crippen molar-refractivity contribution in [2.45, 2.75) is 6.42 Å². The summed E-state index contributed by atoms with van der Waals surface area (Å²) in [6, 6.07) is 0. The quantitative estimate of drug-likeness (QED) is 0.392. The molecule has 18 heavy (non-hydrogen) atoms. The van der Waals surface area contributed by atoms with Crippen LogP contribution < -0.4 is 16.0 Å². The van der Waals surface area contributed by atoms with E-state index >= 15 is 0 Å². The molecule has 3 N–H and O–H groups in total. The zero-order valence-electron chi connectivity index (χ0n) is 10.2. The standard InChI is InChI=1S/C10H17ClN4O3/c1-16-5-6-17-3-2-4-18-9-8(11)7-13-10(14-9)15-12/h7H,2-6,12H2,1H3,(H,13,14,15). The average Bonchev–Trinajstić information content (AvgIpc) is 2.39. The fraction of sp³-hybridized carbons (Fsp3) is 0.600. The van der Waals surface area contributed by atoms with Crippen molar-refractivity contribution in [3.8, 4) is 5.88 Å². The summed E-state index contributed by atoms with van der Waals surface area (Å²) in [6.45, 7) is 2.21. The number of anilines is 1. The highest BCUT2D eigenvalue weighted by molar-refractivity contribution is 6.31. The fourth-order valence-electron chi connectivity index (χ4n) is 1.10. The Balaban J connectivity index is 2.22. The first-order valence-electron chi connectivity index (χ1n) is 5.46. The van der Waals surface area contributed by atoms with E-state index in [4.69, 9.17) is 31.7 Å².